The summed E-state index contributed by atoms with van der Waals surface area (Å²) in [6, 6.07) is 0. The molecule has 2 nitrogen and oxygen atoms in total. The Morgan fingerprint density at radius 2 is 1.50 bits per heavy atom. The van der Waals surface area contributed by atoms with Crippen LogP contribution in [0.4, 0.5) is 0 Å². The topological polar surface area (TPSA) is 26.3 Å². The van der Waals surface area contributed by atoms with Crippen molar-refractivity contribution in [2.75, 3.05) is 5.75 Å². The molecule has 0 fully saturated rings. The number of rotatable bonds is 11. The number of esters is 1. The highest BCUT2D eigenvalue weighted by molar-refractivity contribution is 7.80. The Morgan fingerprint density at radius 3 is 2.00 bits per heavy atom. The highest BCUT2D eigenvalue weighted by Gasteiger charge is 1.99. The van der Waals surface area contributed by atoms with Crippen LogP contribution in [0.15, 0.2) is 12.8 Å². The zero-order valence-electron chi connectivity index (χ0n) is 10.1. The monoisotopic (exact) mass is 244 g/mol. The fourth-order valence-electron chi connectivity index (χ4n) is 1.59. The third-order valence-corrected chi connectivity index (χ3v) is 2.82. The molecule has 0 N–H and O–H groups in total. The lowest BCUT2D eigenvalue weighted by Crippen LogP contribution is -1.98. The van der Waals surface area contributed by atoms with Gasteiger partial charge in [0.15, 0.2) is 0 Å². The van der Waals surface area contributed by atoms with Gasteiger partial charge in [0.1, 0.15) is 0 Å². The maximum atomic E-state index is 10.9. The molecule has 0 atom stereocenters. The molecule has 0 aromatic carbocycles. The first-order chi connectivity index (χ1) is 7.81. The van der Waals surface area contributed by atoms with Gasteiger partial charge in [0.2, 0.25) is 0 Å². The quantitative estimate of drug-likeness (QED) is 0.256. The van der Waals surface area contributed by atoms with Gasteiger partial charge in [-0.3, -0.25) is 4.79 Å². The van der Waals surface area contributed by atoms with Gasteiger partial charge in [-0.15, -0.1) is 0 Å². The number of ether oxygens (including phenoxy) is 1. The van der Waals surface area contributed by atoms with Crippen LogP contribution in [0.25, 0.3) is 0 Å². The van der Waals surface area contributed by atoms with Crippen molar-refractivity contribution in [2.24, 2.45) is 0 Å². The van der Waals surface area contributed by atoms with Gasteiger partial charge in [0.05, 0.1) is 6.26 Å². The van der Waals surface area contributed by atoms with Crippen LogP contribution in [-0.4, -0.2) is 11.7 Å². The van der Waals surface area contributed by atoms with Gasteiger partial charge >= 0.3 is 5.97 Å². The minimum atomic E-state index is -0.163. The minimum Gasteiger partial charge on any atom is -0.435 e. The molecule has 0 saturated heterocycles. The van der Waals surface area contributed by atoms with E-state index in [1.165, 1.54) is 44.8 Å². The average molecular weight is 244 g/mol. The second-order valence-corrected chi connectivity index (χ2v) is 4.41. The molecule has 0 rings (SSSR count). The predicted molar refractivity (Wildman–Crippen MR) is 71.7 cm³/mol. The Labute approximate surface area is 105 Å². The van der Waals surface area contributed by atoms with Crippen LogP contribution in [0.2, 0.25) is 0 Å². The van der Waals surface area contributed by atoms with E-state index >= 15 is 0 Å². The second kappa shape index (κ2) is 12.6. The lowest BCUT2D eigenvalue weighted by molar-refractivity contribution is -0.138. The second-order valence-electron chi connectivity index (χ2n) is 3.96. The van der Waals surface area contributed by atoms with E-state index < -0.39 is 0 Å². The molecule has 0 spiro atoms. The Hall–Kier alpha value is -0.440. The highest BCUT2D eigenvalue weighted by Crippen LogP contribution is 2.10. The first-order valence-corrected chi connectivity index (χ1v) is 6.85. The zero-order chi connectivity index (χ0) is 12.1. The molecule has 0 amide bonds. The van der Waals surface area contributed by atoms with Crippen LogP contribution >= 0.6 is 12.6 Å². The summed E-state index contributed by atoms with van der Waals surface area (Å²) in [5.74, 6) is 0.842. The van der Waals surface area contributed by atoms with Crippen molar-refractivity contribution in [1.82, 2.24) is 0 Å². The lowest BCUT2D eigenvalue weighted by atomic mass is 10.1. The van der Waals surface area contributed by atoms with Crippen LogP contribution in [0.5, 0.6) is 0 Å². The van der Waals surface area contributed by atoms with Crippen molar-refractivity contribution < 1.29 is 9.53 Å². The zero-order valence-corrected chi connectivity index (χ0v) is 11.0. The fraction of sp³-hybridized carbons (Fsp3) is 0.769. The van der Waals surface area contributed by atoms with Crippen LogP contribution in [0.3, 0.4) is 0 Å². The smallest absolute Gasteiger partial charge is 0.310 e. The normalized spacial score (nSPS) is 10.1. The Morgan fingerprint density at radius 1 is 1.00 bits per heavy atom. The molecule has 0 heterocycles. The first-order valence-electron chi connectivity index (χ1n) is 6.22. The van der Waals surface area contributed by atoms with Crippen molar-refractivity contribution in [1.29, 1.82) is 0 Å². The van der Waals surface area contributed by atoms with Crippen LogP contribution < -0.4 is 0 Å². The predicted octanol–water partition coefficient (Wildman–Crippen LogP) is 4.11. The van der Waals surface area contributed by atoms with Gasteiger partial charge in [-0.25, -0.2) is 0 Å². The van der Waals surface area contributed by atoms with Crippen molar-refractivity contribution in [2.45, 2.75) is 57.8 Å². The van der Waals surface area contributed by atoms with E-state index in [9.17, 15) is 4.79 Å². The molecule has 0 saturated carbocycles. The number of carbonyl (C=O) groups excluding carboxylic acids is 1. The molecule has 0 aromatic heterocycles. The molecule has 0 aliphatic rings. The summed E-state index contributed by atoms with van der Waals surface area (Å²) in [4.78, 5) is 10.9. The summed E-state index contributed by atoms with van der Waals surface area (Å²) < 4.78 is 4.63. The summed E-state index contributed by atoms with van der Waals surface area (Å²) in [7, 11) is 0. The van der Waals surface area contributed by atoms with Crippen LogP contribution in [0, 0.1) is 0 Å². The molecule has 0 aromatic rings. The van der Waals surface area contributed by atoms with E-state index in [0.717, 1.165) is 18.6 Å². The highest BCUT2D eigenvalue weighted by atomic mass is 32.1. The van der Waals surface area contributed by atoms with Gasteiger partial charge in [-0.2, -0.15) is 12.6 Å². The maximum absolute atomic E-state index is 10.9. The van der Waals surface area contributed by atoms with Crippen molar-refractivity contribution in [3.8, 4) is 0 Å². The van der Waals surface area contributed by atoms with Crippen LogP contribution in [-0.2, 0) is 9.53 Å². The summed E-state index contributed by atoms with van der Waals surface area (Å²) in [6.07, 6.45) is 11.4. The Bertz CT molecular complexity index is 181. The van der Waals surface area contributed by atoms with Gasteiger partial charge in [0.25, 0.3) is 0 Å². The van der Waals surface area contributed by atoms with Gasteiger partial charge in [-0.1, -0.05) is 45.1 Å². The molecule has 94 valence electrons. The summed E-state index contributed by atoms with van der Waals surface area (Å²) in [5, 5.41) is 0. The fourth-order valence-corrected chi connectivity index (χ4v) is 1.82. The average Bonchev–Trinajstić information content (AvgIpc) is 2.27. The molecular weight excluding hydrogens is 220 g/mol. The number of hydrogen-bond donors (Lipinski definition) is 1. The van der Waals surface area contributed by atoms with Crippen molar-refractivity contribution in [3.63, 3.8) is 0 Å². The number of carbonyl (C=O) groups is 1. The van der Waals surface area contributed by atoms with Crippen LogP contribution in [0.1, 0.15) is 57.8 Å². The van der Waals surface area contributed by atoms with Crippen molar-refractivity contribution >= 4 is 18.6 Å². The van der Waals surface area contributed by atoms with E-state index in [2.05, 4.69) is 23.9 Å². The van der Waals surface area contributed by atoms with Gasteiger partial charge in [0, 0.05) is 6.42 Å². The number of hydrogen-bond acceptors (Lipinski definition) is 3. The molecule has 0 bridgehead atoms. The van der Waals surface area contributed by atoms with E-state index in [-0.39, 0.29) is 5.97 Å². The molecule has 0 aliphatic carbocycles. The largest absolute Gasteiger partial charge is 0.435 e. The Kier molecular flexibility index (Phi) is 12.3. The standard InChI is InChI=1S/C13H24O2S/c1-2-15-13(14)11-9-7-5-3-4-6-8-10-12-16/h2,16H,1,3-12H2. The Balaban J connectivity index is 3.03. The molecule has 0 radical (unpaired) electrons. The number of unbranched alkanes of at least 4 members (excludes halogenated alkanes) is 7. The van der Waals surface area contributed by atoms with Gasteiger partial charge in [-0.05, 0) is 18.6 Å². The maximum Gasteiger partial charge on any atom is 0.310 e. The summed E-state index contributed by atoms with van der Waals surface area (Å²) >= 11 is 4.18. The third kappa shape index (κ3) is 11.6. The SMILES string of the molecule is C=COC(=O)CCCCCCCCCCS. The van der Waals surface area contributed by atoms with E-state index in [4.69, 9.17) is 0 Å². The van der Waals surface area contributed by atoms with E-state index in [1.54, 1.807) is 0 Å². The summed E-state index contributed by atoms with van der Waals surface area (Å²) in [6.45, 7) is 3.35. The molecule has 16 heavy (non-hydrogen) atoms. The van der Waals surface area contributed by atoms with Crippen molar-refractivity contribution in [3.05, 3.63) is 12.8 Å². The first kappa shape index (κ1) is 15.6. The molecular formula is C13H24O2S. The van der Waals surface area contributed by atoms with Gasteiger partial charge < -0.3 is 4.74 Å². The minimum absolute atomic E-state index is 0.163. The summed E-state index contributed by atoms with van der Waals surface area (Å²) in [5.41, 5.74) is 0. The van der Waals surface area contributed by atoms with E-state index in [0.29, 0.717) is 6.42 Å². The third-order valence-electron chi connectivity index (χ3n) is 2.50. The molecule has 0 unspecified atom stereocenters. The van der Waals surface area contributed by atoms with E-state index in [1.807, 2.05) is 0 Å². The molecule has 0 aliphatic heterocycles. The molecule has 3 heteroatoms. The lowest BCUT2D eigenvalue weighted by Gasteiger charge is -2.01. The number of thiol groups is 1.